The van der Waals surface area contributed by atoms with Crippen LogP contribution in [-0.4, -0.2) is 43.5 Å². The molecule has 6 nitrogen and oxygen atoms in total. The molecule has 1 amide bonds. The number of nitrogens with two attached hydrogens (primary N) is 1. The zero-order chi connectivity index (χ0) is 20.5. The van der Waals surface area contributed by atoms with Gasteiger partial charge >= 0.3 is 0 Å². The Balaban J connectivity index is 1.69. The van der Waals surface area contributed by atoms with Gasteiger partial charge in [-0.15, -0.1) is 10.2 Å². The second-order valence-electron chi connectivity index (χ2n) is 8.72. The maximum Gasteiger partial charge on any atom is 0.233 e. The highest BCUT2D eigenvalue weighted by Gasteiger charge is 2.29. The number of aromatic nitrogens is 3. The standard InChI is InChI=1S/C21H31N5OS/c1-14-7-6-8-15(2)25(14)18(27)13-28-20-24-23-19(26(20)22)16-9-11-17(12-10-16)21(3,4)5/h9-12,14-15H,6-8,13,22H2,1-5H3. The van der Waals surface area contributed by atoms with Crippen LogP contribution in [0.4, 0.5) is 0 Å². The summed E-state index contributed by atoms with van der Waals surface area (Å²) in [4.78, 5) is 14.7. The van der Waals surface area contributed by atoms with Crippen LogP contribution in [0.25, 0.3) is 11.4 Å². The lowest BCUT2D eigenvalue weighted by Gasteiger charge is -2.39. The molecule has 2 N–H and O–H groups in total. The smallest absolute Gasteiger partial charge is 0.233 e. The summed E-state index contributed by atoms with van der Waals surface area (Å²) in [6.07, 6.45) is 3.33. The fraction of sp³-hybridized carbons (Fsp3) is 0.571. The van der Waals surface area contributed by atoms with Crippen LogP contribution in [0.1, 0.15) is 59.4 Å². The molecule has 0 radical (unpaired) electrons. The average molecular weight is 402 g/mol. The minimum Gasteiger partial charge on any atom is -0.337 e. The molecule has 0 saturated carbocycles. The maximum absolute atomic E-state index is 12.7. The zero-order valence-corrected chi connectivity index (χ0v) is 18.3. The molecule has 2 atom stereocenters. The van der Waals surface area contributed by atoms with E-state index < -0.39 is 0 Å². The SMILES string of the molecule is CC1CCCC(C)N1C(=O)CSc1nnc(-c2ccc(C(C)(C)C)cc2)n1N. The van der Waals surface area contributed by atoms with Gasteiger partial charge in [-0.1, -0.05) is 56.8 Å². The zero-order valence-electron chi connectivity index (χ0n) is 17.5. The van der Waals surface area contributed by atoms with E-state index in [1.54, 1.807) is 0 Å². The average Bonchev–Trinajstić information content (AvgIpc) is 3.00. The van der Waals surface area contributed by atoms with Gasteiger partial charge in [-0.2, -0.15) is 0 Å². The van der Waals surface area contributed by atoms with Crippen LogP contribution >= 0.6 is 11.8 Å². The Kier molecular flexibility index (Phi) is 6.03. The van der Waals surface area contributed by atoms with Crippen molar-refractivity contribution in [2.45, 2.75) is 76.5 Å². The third-order valence-corrected chi connectivity index (χ3v) is 6.41. The number of thioether (sulfide) groups is 1. The van der Waals surface area contributed by atoms with Gasteiger partial charge in [0.1, 0.15) is 0 Å². The molecule has 0 aliphatic carbocycles. The van der Waals surface area contributed by atoms with E-state index in [2.05, 4.69) is 56.9 Å². The van der Waals surface area contributed by atoms with Crippen LogP contribution in [0, 0.1) is 0 Å². The molecule has 1 aliphatic heterocycles. The van der Waals surface area contributed by atoms with Crippen LogP contribution in [0.15, 0.2) is 29.4 Å². The van der Waals surface area contributed by atoms with Crippen LogP contribution < -0.4 is 5.84 Å². The minimum atomic E-state index is 0.0962. The number of benzene rings is 1. The van der Waals surface area contributed by atoms with Gasteiger partial charge in [0.15, 0.2) is 5.82 Å². The van der Waals surface area contributed by atoms with Gasteiger partial charge in [-0.05, 0) is 44.1 Å². The van der Waals surface area contributed by atoms with Crippen LogP contribution in [0.5, 0.6) is 0 Å². The summed E-state index contributed by atoms with van der Waals surface area (Å²) in [5, 5.41) is 9.00. The van der Waals surface area contributed by atoms with Crippen molar-refractivity contribution in [3.05, 3.63) is 29.8 Å². The first-order chi connectivity index (χ1) is 13.2. The summed E-state index contributed by atoms with van der Waals surface area (Å²) < 4.78 is 1.48. The molecule has 0 bridgehead atoms. The van der Waals surface area contributed by atoms with Crippen molar-refractivity contribution in [2.75, 3.05) is 11.6 Å². The highest BCUT2D eigenvalue weighted by molar-refractivity contribution is 7.99. The number of carbonyl (C=O) groups excluding carboxylic acids is 1. The normalized spacial score (nSPS) is 20.4. The van der Waals surface area contributed by atoms with Crippen molar-refractivity contribution in [3.8, 4) is 11.4 Å². The number of nitrogens with zero attached hydrogens (tertiary/aromatic N) is 4. The Bertz CT molecular complexity index is 814. The van der Waals surface area contributed by atoms with Crippen molar-refractivity contribution in [1.82, 2.24) is 19.8 Å². The van der Waals surface area contributed by atoms with Gasteiger partial charge in [0.2, 0.25) is 11.1 Å². The molecule has 152 valence electrons. The molecule has 2 unspecified atom stereocenters. The predicted octanol–water partition coefficient (Wildman–Crippen LogP) is 3.84. The van der Waals surface area contributed by atoms with Gasteiger partial charge in [0.25, 0.3) is 0 Å². The number of likely N-dealkylation sites (tertiary alicyclic amines) is 1. The molecule has 2 heterocycles. The molecule has 1 aromatic heterocycles. The van der Waals surface area contributed by atoms with E-state index in [1.165, 1.54) is 28.4 Å². The Morgan fingerprint density at radius 2 is 1.75 bits per heavy atom. The third kappa shape index (κ3) is 4.35. The molecule has 0 spiro atoms. The van der Waals surface area contributed by atoms with Gasteiger partial charge in [0, 0.05) is 17.6 Å². The Morgan fingerprint density at radius 3 is 2.32 bits per heavy atom. The van der Waals surface area contributed by atoms with Gasteiger partial charge < -0.3 is 10.7 Å². The van der Waals surface area contributed by atoms with E-state index in [9.17, 15) is 4.79 Å². The van der Waals surface area contributed by atoms with Crippen molar-refractivity contribution in [1.29, 1.82) is 0 Å². The second kappa shape index (κ2) is 8.15. The van der Waals surface area contributed by atoms with Gasteiger partial charge in [0.05, 0.1) is 5.75 Å². The Labute approximate surface area is 171 Å². The molecule has 28 heavy (non-hydrogen) atoms. The fourth-order valence-electron chi connectivity index (χ4n) is 3.81. The van der Waals surface area contributed by atoms with E-state index in [-0.39, 0.29) is 11.3 Å². The highest BCUT2D eigenvalue weighted by Crippen LogP contribution is 2.28. The summed E-state index contributed by atoms with van der Waals surface area (Å²) in [6, 6.07) is 8.82. The number of hydrogen-bond donors (Lipinski definition) is 1. The first kappa shape index (κ1) is 20.7. The van der Waals surface area contributed by atoms with Crippen LogP contribution in [0.3, 0.4) is 0 Å². The maximum atomic E-state index is 12.7. The predicted molar refractivity (Wildman–Crippen MR) is 115 cm³/mol. The summed E-state index contributed by atoms with van der Waals surface area (Å²) in [5.41, 5.74) is 2.27. The van der Waals surface area contributed by atoms with Crippen LogP contribution in [-0.2, 0) is 10.2 Å². The molecule has 1 aromatic carbocycles. The summed E-state index contributed by atoms with van der Waals surface area (Å²) in [7, 11) is 0. The Morgan fingerprint density at radius 1 is 1.14 bits per heavy atom. The van der Waals surface area contributed by atoms with Crippen molar-refractivity contribution < 1.29 is 4.79 Å². The molecule has 2 aromatic rings. The largest absolute Gasteiger partial charge is 0.337 e. The number of nitrogen functional groups attached to an aromatic ring is 1. The second-order valence-corrected chi connectivity index (χ2v) is 9.66. The van der Waals surface area contributed by atoms with Crippen molar-refractivity contribution in [3.63, 3.8) is 0 Å². The lowest BCUT2D eigenvalue weighted by Crippen LogP contribution is -2.48. The number of carbonyl (C=O) groups is 1. The lowest BCUT2D eigenvalue weighted by atomic mass is 9.87. The van der Waals surface area contributed by atoms with E-state index in [0.717, 1.165) is 18.4 Å². The van der Waals surface area contributed by atoms with Gasteiger partial charge in [-0.3, -0.25) is 4.79 Å². The topological polar surface area (TPSA) is 77.0 Å². The quantitative estimate of drug-likeness (QED) is 0.622. The first-order valence-corrected chi connectivity index (χ1v) is 10.9. The molecule has 7 heteroatoms. The minimum absolute atomic E-state index is 0.0962. The summed E-state index contributed by atoms with van der Waals surface area (Å²) in [5.74, 6) is 7.30. The number of rotatable bonds is 4. The van der Waals surface area contributed by atoms with Crippen LogP contribution in [0.2, 0.25) is 0 Å². The molecular weight excluding hydrogens is 370 g/mol. The molecule has 1 aliphatic rings. The molecular formula is C21H31N5OS. The first-order valence-electron chi connectivity index (χ1n) is 9.94. The molecule has 3 rings (SSSR count). The molecule has 1 fully saturated rings. The summed E-state index contributed by atoms with van der Waals surface area (Å²) >= 11 is 1.35. The summed E-state index contributed by atoms with van der Waals surface area (Å²) in [6.45, 7) is 10.8. The lowest BCUT2D eigenvalue weighted by molar-refractivity contribution is -0.134. The fourth-order valence-corrected chi connectivity index (χ4v) is 4.53. The van der Waals surface area contributed by atoms with E-state index in [0.29, 0.717) is 28.8 Å². The van der Waals surface area contributed by atoms with E-state index in [4.69, 9.17) is 5.84 Å². The highest BCUT2D eigenvalue weighted by atomic mass is 32.2. The van der Waals surface area contributed by atoms with E-state index in [1.807, 2.05) is 17.0 Å². The Hall–Kier alpha value is -2.02. The van der Waals surface area contributed by atoms with Crippen molar-refractivity contribution >= 4 is 17.7 Å². The number of piperidine rings is 1. The molecule has 1 saturated heterocycles. The number of hydrogen-bond acceptors (Lipinski definition) is 5. The van der Waals surface area contributed by atoms with Crippen molar-refractivity contribution in [2.24, 2.45) is 0 Å². The van der Waals surface area contributed by atoms with Gasteiger partial charge in [-0.25, -0.2) is 4.68 Å². The number of amides is 1. The third-order valence-electron chi connectivity index (χ3n) is 5.48. The monoisotopic (exact) mass is 401 g/mol. The van der Waals surface area contributed by atoms with E-state index >= 15 is 0 Å².